The summed E-state index contributed by atoms with van der Waals surface area (Å²) >= 11 is 0. The third kappa shape index (κ3) is 2.65. The van der Waals surface area contributed by atoms with Gasteiger partial charge in [0, 0.05) is 0 Å². The van der Waals surface area contributed by atoms with E-state index in [2.05, 4.69) is 11.3 Å². The van der Waals surface area contributed by atoms with Crippen LogP contribution < -0.4 is 0 Å². The van der Waals surface area contributed by atoms with E-state index in [0.29, 0.717) is 5.56 Å². The van der Waals surface area contributed by atoms with E-state index in [4.69, 9.17) is 0 Å². The number of esters is 1. The molecule has 0 aromatic heterocycles. The minimum absolute atomic E-state index is 0.179. The highest BCUT2D eigenvalue weighted by molar-refractivity contribution is 5.89. The molecule has 0 bridgehead atoms. The van der Waals surface area contributed by atoms with E-state index in [9.17, 15) is 9.18 Å². The molecule has 1 aromatic rings. The van der Waals surface area contributed by atoms with E-state index in [1.165, 1.54) is 7.11 Å². The van der Waals surface area contributed by atoms with Gasteiger partial charge in [-0.2, -0.15) is 0 Å². The highest BCUT2D eigenvalue weighted by Crippen LogP contribution is 2.25. The van der Waals surface area contributed by atoms with Crippen LogP contribution in [-0.2, 0) is 9.53 Å². The van der Waals surface area contributed by atoms with Crippen molar-refractivity contribution in [1.82, 2.24) is 0 Å². The van der Waals surface area contributed by atoms with Crippen molar-refractivity contribution in [2.24, 2.45) is 0 Å². The van der Waals surface area contributed by atoms with E-state index in [1.807, 2.05) is 6.92 Å². The third-order valence-corrected chi connectivity index (χ3v) is 2.12. The zero-order valence-electron chi connectivity index (χ0n) is 8.79. The molecule has 0 amide bonds. The lowest BCUT2D eigenvalue weighted by molar-refractivity contribution is -0.136. The van der Waals surface area contributed by atoms with Crippen LogP contribution in [0.2, 0.25) is 0 Å². The molecule has 0 fully saturated rings. The molecule has 0 unspecified atom stereocenters. The van der Waals surface area contributed by atoms with Crippen molar-refractivity contribution in [1.29, 1.82) is 0 Å². The van der Waals surface area contributed by atoms with Crippen molar-refractivity contribution in [3.05, 3.63) is 47.5 Å². The van der Waals surface area contributed by atoms with Gasteiger partial charge >= 0.3 is 5.97 Å². The van der Waals surface area contributed by atoms with Crippen molar-refractivity contribution in [2.75, 3.05) is 7.11 Å². The van der Waals surface area contributed by atoms with Crippen molar-refractivity contribution in [3.8, 4) is 0 Å². The number of hydrogen-bond acceptors (Lipinski definition) is 2. The van der Waals surface area contributed by atoms with Gasteiger partial charge in [-0.25, -0.2) is 9.18 Å². The molecule has 0 saturated carbocycles. The maximum Gasteiger partial charge on any atom is 0.336 e. The first-order valence-corrected chi connectivity index (χ1v) is 4.54. The van der Waals surface area contributed by atoms with Gasteiger partial charge in [0.25, 0.3) is 0 Å². The Kier molecular flexibility index (Phi) is 3.61. The monoisotopic (exact) mass is 208 g/mol. The number of methoxy groups -OCH3 is 1. The molecule has 0 aliphatic rings. The predicted octanol–water partition coefficient (Wildman–Crippen LogP) is 2.73. The van der Waals surface area contributed by atoms with Gasteiger partial charge in [-0.15, -0.1) is 0 Å². The fraction of sp³-hybridized carbons (Fsp3) is 0.250. The Hall–Kier alpha value is -1.64. The summed E-state index contributed by atoms with van der Waals surface area (Å²) < 4.78 is 18.1. The number of benzene rings is 1. The molecular formula is C12H13FO2. The maximum absolute atomic E-state index is 13.7. The van der Waals surface area contributed by atoms with Gasteiger partial charge in [-0.1, -0.05) is 36.4 Å². The molecule has 0 N–H and O–H groups in total. The van der Waals surface area contributed by atoms with Gasteiger partial charge in [-0.05, 0) is 12.5 Å². The van der Waals surface area contributed by atoms with E-state index in [0.717, 1.165) is 5.56 Å². The second-order valence-corrected chi connectivity index (χ2v) is 3.29. The average Bonchev–Trinajstić information content (AvgIpc) is 2.27. The normalized spacial score (nSPS) is 11.9. The molecule has 0 saturated heterocycles. The molecule has 0 radical (unpaired) electrons. The molecule has 0 spiro atoms. The SMILES string of the molecule is C=C(C(=O)OC)[C@@H](F)c1ccc(C)cc1. The summed E-state index contributed by atoms with van der Waals surface area (Å²) in [6, 6.07) is 6.83. The molecule has 0 aliphatic heterocycles. The molecule has 1 aromatic carbocycles. The molecule has 1 rings (SSSR count). The Morgan fingerprint density at radius 2 is 1.93 bits per heavy atom. The molecular weight excluding hydrogens is 195 g/mol. The lowest BCUT2D eigenvalue weighted by atomic mass is 10.0. The Morgan fingerprint density at radius 1 is 1.40 bits per heavy atom. The summed E-state index contributed by atoms with van der Waals surface area (Å²) in [4.78, 5) is 11.0. The lowest BCUT2D eigenvalue weighted by Crippen LogP contribution is -2.09. The predicted molar refractivity (Wildman–Crippen MR) is 56.2 cm³/mol. The van der Waals surface area contributed by atoms with Crippen molar-refractivity contribution in [2.45, 2.75) is 13.1 Å². The number of alkyl halides is 1. The first kappa shape index (κ1) is 11.4. The van der Waals surface area contributed by atoms with Gasteiger partial charge in [0.05, 0.1) is 12.7 Å². The zero-order valence-corrected chi connectivity index (χ0v) is 8.79. The van der Waals surface area contributed by atoms with Crippen LogP contribution in [0.5, 0.6) is 0 Å². The van der Waals surface area contributed by atoms with E-state index >= 15 is 0 Å². The summed E-state index contributed by atoms with van der Waals surface area (Å²) in [6.45, 7) is 5.28. The van der Waals surface area contributed by atoms with Crippen molar-refractivity contribution < 1.29 is 13.9 Å². The van der Waals surface area contributed by atoms with Crippen LogP contribution in [0.3, 0.4) is 0 Å². The minimum atomic E-state index is -1.50. The molecule has 3 heteroatoms. The first-order chi connectivity index (χ1) is 7.06. The van der Waals surface area contributed by atoms with Gasteiger partial charge in [-0.3, -0.25) is 0 Å². The summed E-state index contributed by atoms with van der Waals surface area (Å²) in [5.74, 6) is -0.719. The molecule has 15 heavy (non-hydrogen) atoms. The zero-order chi connectivity index (χ0) is 11.4. The largest absolute Gasteiger partial charge is 0.466 e. The van der Waals surface area contributed by atoms with Crippen molar-refractivity contribution >= 4 is 5.97 Å². The van der Waals surface area contributed by atoms with Crippen LogP contribution in [0.25, 0.3) is 0 Å². The number of aryl methyl sites for hydroxylation is 1. The Morgan fingerprint density at radius 3 is 2.40 bits per heavy atom. The fourth-order valence-electron chi connectivity index (χ4n) is 1.17. The molecule has 0 heterocycles. The second kappa shape index (κ2) is 4.73. The Labute approximate surface area is 88.4 Å². The summed E-state index contributed by atoms with van der Waals surface area (Å²) in [5.41, 5.74) is 1.27. The number of carbonyl (C=O) groups excluding carboxylic acids is 1. The van der Waals surface area contributed by atoms with Crippen LogP contribution >= 0.6 is 0 Å². The summed E-state index contributed by atoms with van der Waals surface area (Å²) in [5, 5.41) is 0. The van der Waals surface area contributed by atoms with Gasteiger partial charge in [0.15, 0.2) is 6.17 Å². The minimum Gasteiger partial charge on any atom is -0.466 e. The number of rotatable bonds is 3. The third-order valence-electron chi connectivity index (χ3n) is 2.12. The number of hydrogen-bond donors (Lipinski definition) is 0. The second-order valence-electron chi connectivity index (χ2n) is 3.29. The highest BCUT2D eigenvalue weighted by Gasteiger charge is 2.20. The number of ether oxygens (including phenoxy) is 1. The van der Waals surface area contributed by atoms with Crippen LogP contribution in [0.4, 0.5) is 4.39 Å². The molecule has 1 atom stereocenters. The highest BCUT2D eigenvalue weighted by atomic mass is 19.1. The molecule has 2 nitrogen and oxygen atoms in total. The first-order valence-electron chi connectivity index (χ1n) is 4.54. The van der Waals surface area contributed by atoms with E-state index in [-0.39, 0.29) is 5.57 Å². The Balaban J connectivity index is 2.85. The maximum atomic E-state index is 13.7. The van der Waals surface area contributed by atoms with E-state index < -0.39 is 12.1 Å². The van der Waals surface area contributed by atoms with Crippen molar-refractivity contribution in [3.63, 3.8) is 0 Å². The van der Waals surface area contributed by atoms with Crippen LogP contribution in [0.1, 0.15) is 17.3 Å². The fourth-order valence-corrected chi connectivity index (χ4v) is 1.17. The number of halogens is 1. The summed E-state index contributed by atoms with van der Waals surface area (Å²) in [6.07, 6.45) is -1.50. The summed E-state index contributed by atoms with van der Waals surface area (Å²) in [7, 11) is 1.20. The smallest absolute Gasteiger partial charge is 0.336 e. The lowest BCUT2D eigenvalue weighted by Gasteiger charge is -2.09. The Bertz CT molecular complexity index is 368. The number of carbonyl (C=O) groups is 1. The topological polar surface area (TPSA) is 26.3 Å². The van der Waals surface area contributed by atoms with Gasteiger partial charge < -0.3 is 4.74 Å². The van der Waals surface area contributed by atoms with Gasteiger partial charge in [0.2, 0.25) is 0 Å². The van der Waals surface area contributed by atoms with Gasteiger partial charge in [0.1, 0.15) is 0 Å². The van der Waals surface area contributed by atoms with Crippen LogP contribution in [0.15, 0.2) is 36.4 Å². The van der Waals surface area contributed by atoms with Crippen LogP contribution in [0, 0.1) is 6.92 Å². The molecule has 0 aliphatic carbocycles. The van der Waals surface area contributed by atoms with E-state index in [1.54, 1.807) is 24.3 Å². The average molecular weight is 208 g/mol. The quantitative estimate of drug-likeness (QED) is 0.564. The standard InChI is InChI=1S/C12H13FO2/c1-8-4-6-10(7-5-8)11(13)9(2)12(14)15-3/h4-7,11H,2H2,1,3H3/t11-/m1/s1. The van der Waals surface area contributed by atoms with Crippen LogP contribution in [-0.4, -0.2) is 13.1 Å². The molecule has 80 valence electrons.